The van der Waals surface area contributed by atoms with Gasteiger partial charge in [-0.2, -0.15) is 0 Å². The first-order valence-electron chi connectivity index (χ1n) is 8.21. The van der Waals surface area contributed by atoms with Crippen molar-refractivity contribution in [1.29, 1.82) is 0 Å². The van der Waals surface area contributed by atoms with Crippen LogP contribution in [0.5, 0.6) is 0 Å². The van der Waals surface area contributed by atoms with Gasteiger partial charge in [-0.15, -0.1) is 0 Å². The third-order valence-electron chi connectivity index (χ3n) is 5.34. The first-order chi connectivity index (χ1) is 9.74. The summed E-state index contributed by atoms with van der Waals surface area (Å²) in [5.74, 6) is 3.07. The van der Waals surface area contributed by atoms with Crippen molar-refractivity contribution in [3.05, 3.63) is 35.4 Å². The number of hydrogen-bond acceptors (Lipinski definition) is 2. The summed E-state index contributed by atoms with van der Waals surface area (Å²) in [5.41, 5.74) is 8.37. The fraction of sp³-hybridized carbons (Fsp3) is 0.667. The summed E-state index contributed by atoms with van der Waals surface area (Å²) in [4.78, 5) is 2.52. The lowest BCUT2D eigenvalue weighted by molar-refractivity contribution is 0.214. The Labute approximate surface area is 123 Å². The third kappa shape index (κ3) is 3.24. The van der Waals surface area contributed by atoms with E-state index in [0.717, 1.165) is 37.3 Å². The molecule has 2 fully saturated rings. The standard InChI is InChI=1S/C18H28N2/c1-20(13-18-11-16-6-7-17(18)10-16)12-15-4-2-14(3-5-15)8-9-19/h2-5,16-18H,6-13,19H2,1H3. The Balaban J connectivity index is 1.49. The van der Waals surface area contributed by atoms with Gasteiger partial charge in [0.2, 0.25) is 0 Å². The molecule has 0 saturated heterocycles. The summed E-state index contributed by atoms with van der Waals surface area (Å²) < 4.78 is 0. The molecule has 1 aromatic carbocycles. The molecule has 0 heterocycles. The molecule has 3 unspecified atom stereocenters. The summed E-state index contributed by atoms with van der Waals surface area (Å²) >= 11 is 0. The van der Waals surface area contributed by atoms with Crippen molar-refractivity contribution in [1.82, 2.24) is 4.90 Å². The van der Waals surface area contributed by atoms with E-state index in [1.807, 2.05) is 0 Å². The molecule has 2 saturated carbocycles. The van der Waals surface area contributed by atoms with Crippen LogP contribution in [0.15, 0.2) is 24.3 Å². The Morgan fingerprint density at radius 1 is 1.10 bits per heavy atom. The lowest BCUT2D eigenvalue weighted by atomic mass is 9.88. The number of nitrogens with two attached hydrogens (primary N) is 1. The average molecular weight is 272 g/mol. The molecule has 2 aliphatic rings. The number of hydrogen-bond donors (Lipinski definition) is 1. The van der Waals surface area contributed by atoms with Crippen molar-refractivity contribution in [3.63, 3.8) is 0 Å². The second-order valence-electron chi connectivity index (χ2n) is 6.99. The van der Waals surface area contributed by atoms with E-state index in [0.29, 0.717) is 0 Å². The van der Waals surface area contributed by atoms with Crippen molar-refractivity contribution < 1.29 is 0 Å². The highest BCUT2D eigenvalue weighted by Gasteiger charge is 2.39. The van der Waals surface area contributed by atoms with Crippen LogP contribution in [0, 0.1) is 17.8 Å². The van der Waals surface area contributed by atoms with Crippen LogP contribution in [0.2, 0.25) is 0 Å². The van der Waals surface area contributed by atoms with Gasteiger partial charge in [0.05, 0.1) is 0 Å². The monoisotopic (exact) mass is 272 g/mol. The summed E-state index contributed by atoms with van der Waals surface area (Å²) in [5, 5.41) is 0. The minimum atomic E-state index is 0.740. The largest absolute Gasteiger partial charge is 0.330 e. The van der Waals surface area contributed by atoms with E-state index in [2.05, 4.69) is 36.2 Å². The minimum Gasteiger partial charge on any atom is -0.330 e. The Kier molecular flexibility index (Phi) is 4.42. The van der Waals surface area contributed by atoms with Crippen LogP contribution in [0.25, 0.3) is 0 Å². The van der Waals surface area contributed by atoms with Crippen LogP contribution in [0.3, 0.4) is 0 Å². The molecule has 2 bridgehead atoms. The zero-order valence-electron chi connectivity index (χ0n) is 12.7. The van der Waals surface area contributed by atoms with Gasteiger partial charge >= 0.3 is 0 Å². The molecule has 0 aliphatic heterocycles. The second-order valence-corrected chi connectivity index (χ2v) is 6.99. The molecule has 2 nitrogen and oxygen atoms in total. The fourth-order valence-electron chi connectivity index (χ4n) is 4.35. The van der Waals surface area contributed by atoms with Crippen LogP contribution >= 0.6 is 0 Å². The molecule has 1 aromatic rings. The van der Waals surface area contributed by atoms with Crippen LogP contribution in [0.4, 0.5) is 0 Å². The maximum absolute atomic E-state index is 5.59. The van der Waals surface area contributed by atoms with Crippen molar-refractivity contribution in [2.24, 2.45) is 23.5 Å². The van der Waals surface area contributed by atoms with Gasteiger partial charge in [-0.05, 0) is 68.2 Å². The average Bonchev–Trinajstić information content (AvgIpc) is 3.03. The van der Waals surface area contributed by atoms with Gasteiger partial charge in [0.25, 0.3) is 0 Å². The Morgan fingerprint density at radius 2 is 1.85 bits per heavy atom. The molecule has 0 radical (unpaired) electrons. The van der Waals surface area contributed by atoms with E-state index >= 15 is 0 Å². The van der Waals surface area contributed by atoms with Crippen molar-refractivity contribution in [2.45, 2.75) is 38.6 Å². The number of rotatable bonds is 6. The molecule has 2 aliphatic carbocycles. The highest BCUT2D eigenvalue weighted by Crippen LogP contribution is 2.48. The maximum Gasteiger partial charge on any atom is 0.0230 e. The van der Waals surface area contributed by atoms with Crippen LogP contribution in [-0.2, 0) is 13.0 Å². The highest BCUT2D eigenvalue weighted by atomic mass is 15.1. The maximum atomic E-state index is 5.59. The van der Waals surface area contributed by atoms with E-state index in [1.165, 1.54) is 43.4 Å². The van der Waals surface area contributed by atoms with Crippen LogP contribution in [-0.4, -0.2) is 25.0 Å². The zero-order chi connectivity index (χ0) is 13.9. The number of nitrogens with zero attached hydrogens (tertiary/aromatic N) is 1. The quantitative estimate of drug-likeness (QED) is 0.862. The molecular formula is C18H28N2. The summed E-state index contributed by atoms with van der Waals surface area (Å²) in [7, 11) is 2.28. The fourth-order valence-corrected chi connectivity index (χ4v) is 4.35. The van der Waals surface area contributed by atoms with Gasteiger partial charge in [-0.3, -0.25) is 0 Å². The summed E-state index contributed by atoms with van der Waals surface area (Å²) in [6.07, 6.45) is 7.00. The first-order valence-corrected chi connectivity index (χ1v) is 8.21. The van der Waals surface area contributed by atoms with E-state index in [1.54, 1.807) is 0 Å². The molecule has 3 rings (SSSR count). The van der Waals surface area contributed by atoms with E-state index in [-0.39, 0.29) is 0 Å². The van der Waals surface area contributed by atoms with Gasteiger partial charge in [0.15, 0.2) is 0 Å². The van der Waals surface area contributed by atoms with E-state index in [4.69, 9.17) is 5.73 Å². The molecule has 20 heavy (non-hydrogen) atoms. The minimum absolute atomic E-state index is 0.740. The van der Waals surface area contributed by atoms with Gasteiger partial charge in [0, 0.05) is 13.1 Å². The molecule has 0 aromatic heterocycles. The second kappa shape index (κ2) is 6.28. The molecule has 0 amide bonds. The summed E-state index contributed by atoms with van der Waals surface area (Å²) in [6, 6.07) is 8.99. The van der Waals surface area contributed by atoms with E-state index in [9.17, 15) is 0 Å². The lowest BCUT2D eigenvalue weighted by Crippen LogP contribution is -2.28. The molecule has 3 atom stereocenters. The normalized spacial score (nSPS) is 28.4. The number of benzene rings is 1. The van der Waals surface area contributed by atoms with Crippen molar-refractivity contribution in [3.8, 4) is 0 Å². The highest BCUT2D eigenvalue weighted by molar-refractivity contribution is 5.22. The molecular weight excluding hydrogens is 244 g/mol. The van der Waals surface area contributed by atoms with Gasteiger partial charge in [-0.1, -0.05) is 30.7 Å². The molecule has 2 N–H and O–H groups in total. The van der Waals surface area contributed by atoms with Crippen LogP contribution in [0.1, 0.15) is 36.8 Å². The Bertz CT molecular complexity index is 426. The summed E-state index contributed by atoms with van der Waals surface area (Å²) in [6.45, 7) is 3.10. The van der Waals surface area contributed by atoms with Crippen molar-refractivity contribution in [2.75, 3.05) is 20.1 Å². The SMILES string of the molecule is CN(Cc1ccc(CCN)cc1)CC1CC2CCC1C2. The molecule has 0 spiro atoms. The topological polar surface area (TPSA) is 29.3 Å². The van der Waals surface area contributed by atoms with Crippen LogP contribution < -0.4 is 5.73 Å². The molecule has 110 valence electrons. The Hall–Kier alpha value is -0.860. The zero-order valence-corrected chi connectivity index (χ0v) is 12.7. The number of fused-ring (bicyclic) bond motifs is 2. The predicted octanol–water partition coefficient (Wildman–Crippen LogP) is 3.06. The third-order valence-corrected chi connectivity index (χ3v) is 5.34. The smallest absolute Gasteiger partial charge is 0.0230 e. The van der Waals surface area contributed by atoms with Gasteiger partial charge in [-0.25, -0.2) is 0 Å². The van der Waals surface area contributed by atoms with E-state index < -0.39 is 0 Å². The Morgan fingerprint density at radius 3 is 2.45 bits per heavy atom. The molecule has 2 heteroatoms. The van der Waals surface area contributed by atoms with Gasteiger partial charge < -0.3 is 10.6 Å². The lowest BCUT2D eigenvalue weighted by Gasteiger charge is -2.27. The first kappa shape index (κ1) is 14.1. The van der Waals surface area contributed by atoms with Gasteiger partial charge in [0.1, 0.15) is 0 Å². The van der Waals surface area contributed by atoms with Crippen molar-refractivity contribution >= 4 is 0 Å². The predicted molar refractivity (Wildman–Crippen MR) is 84.5 cm³/mol.